The molecule has 0 spiro atoms. The molecule has 0 saturated carbocycles. The molecule has 0 aliphatic heterocycles. The Hall–Kier alpha value is -6.26. The van der Waals surface area contributed by atoms with Crippen LogP contribution in [0.15, 0.2) is 134 Å². The highest BCUT2D eigenvalue weighted by atomic mass is 16.3. The van der Waals surface area contributed by atoms with E-state index < -0.39 is 20.6 Å². The number of aromatic hydroxyl groups is 1. The maximum Gasteiger partial charge on any atom is 0.149 e. The highest BCUT2D eigenvalue weighted by molar-refractivity contribution is 5.97. The number of pyridine rings is 1. The number of nitrogens with zero attached hydrogens (tertiary/aromatic N) is 3. The number of para-hydroxylation sites is 1. The summed E-state index contributed by atoms with van der Waals surface area (Å²) in [7, 11) is 0. The van der Waals surface area contributed by atoms with Crippen LogP contribution < -0.4 is 0 Å². The van der Waals surface area contributed by atoms with E-state index in [0.717, 1.165) is 44.5 Å². The van der Waals surface area contributed by atoms with E-state index in [4.69, 9.17) is 22.3 Å². The number of phenolic OH excluding ortho intramolecular Hbond substituents is 1. The van der Waals surface area contributed by atoms with Gasteiger partial charge in [-0.15, -0.1) is 0 Å². The number of benzene rings is 6. The smallest absolute Gasteiger partial charge is 0.149 e. The second-order valence-electron chi connectivity index (χ2n) is 17.1. The molecule has 0 aliphatic carbocycles. The zero-order valence-electron chi connectivity index (χ0n) is 43.6. The summed E-state index contributed by atoms with van der Waals surface area (Å²) < 4.78 is 77.5. The molecule has 8 aromatic rings. The van der Waals surface area contributed by atoms with Crippen LogP contribution >= 0.6 is 0 Å². The summed E-state index contributed by atoms with van der Waals surface area (Å²) in [5.41, 5.74) is 9.90. The number of fused-ring (bicyclic) bond motifs is 1. The van der Waals surface area contributed by atoms with Gasteiger partial charge in [0.25, 0.3) is 0 Å². The second-order valence-corrected chi connectivity index (χ2v) is 17.1. The van der Waals surface area contributed by atoms with E-state index in [1.165, 1.54) is 6.07 Å². The number of rotatable bonds is 8. The minimum Gasteiger partial charge on any atom is -0.507 e. The van der Waals surface area contributed by atoms with Crippen LogP contribution in [0.3, 0.4) is 0 Å². The van der Waals surface area contributed by atoms with Crippen molar-refractivity contribution in [1.82, 2.24) is 14.5 Å². The van der Waals surface area contributed by atoms with Gasteiger partial charge in [-0.25, -0.2) is 4.98 Å². The molecule has 59 heavy (non-hydrogen) atoms. The summed E-state index contributed by atoms with van der Waals surface area (Å²) in [5.74, 6) is 0.449. The van der Waals surface area contributed by atoms with E-state index >= 15 is 0 Å². The van der Waals surface area contributed by atoms with E-state index in [1.54, 1.807) is 48.7 Å². The monoisotopic (exact) mass is 782 g/mol. The molecule has 0 fully saturated rings. The topological polar surface area (TPSA) is 50.9 Å². The number of hydrogen-bond donors (Lipinski definition) is 1. The SMILES string of the molecule is [2H]C([2H])([2H])c1ccc(-c2ccnc(-c3cc(-c4cccc5c4nc(-c4cc(C(C)C)cc(C(C)C)c4O)n5-c4cc(-c5ccccc5)c(C([2H])([2H])[2H])c(C([2H])([2H])[2H])c4)cc(C(C)(C)C)c3)c2)cc1. The third-order valence-electron chi connectivity index (χ3n) is 11.2. The van der Waals surface area contributed by atoms with E-state index in [-0.39, 0.29) is 45.3 Å². The molecule has 0 bridgehead atoms. The Morgan fingerprint density at radius 1 is 0.627 bits per heavy atom. The minimum atomic E-state index is -2.81. The van der Waals surface area contributed by atoms with Crippen molar-refractivity contribution in [1.29, 1.82) is 0 Å². The van der Waals surface area contributed by atoms with Gasteiger partial charge in [0.05, 0.1) is 22.3 Å². The zero-order valence-corrected chi connectivity index (χ0v) is 34.6. The average molecular weight is 783 g/mol. The number of hydrogen-bond acceptors (Lipinski definition) is 3. The molecule has 0 radical (unpaired) electrons. The maximum absolute atomic E-state index is 12.3. The number of imidazole rings is 1. The van der Waals surface area contributed by atoms with Crippen LogP contribution in [0, 0.1) is 20.6 Å². The van der Waals surface area contributed by atoms with Crippen LogP contribution in [-0.4, -0.2) is 19.6 Å². The van der Waals surface area contributed by atoms with Crippen molar-refractivity contribution in [2.24, 2.45) is 0 Å². The average Bonchev–Trinajstić information content (AvgIpc) is 3.67. The standard InChI is InChI=1S/C55H55N3O/c1-33(2)41-29-47(34(3)4)53(59)49(30-41)54-57-52-46(17-14-18-51(52)58(54)45-25-36(6)37(7)48(32-45)39-15-12-11-13-16-39)42-26-43(28-44(27-42)55(8,9)10)50-31-40(23-24-56-50)38-21-19-35(5)20-22-38/h11-34,59H,1-10H3/i5D3,6D3,7D3. The third-order valence-corrected chi connectivity index (χ3v) is 11.2. The largest absolute Gasteiger partial charge is 0.507 e. The van der Waals surface area contributed by atoms with Crippen LogP contribution in [0.1, 0.15) is 106 Å². The molecule has 0 atom stereocenters. The van der Waals surface area contributed by atoms with Crippen LogP contribution in [0.2, 0.25) is 0 Å². The van der Waals surface area contributed by atoms with Crippen LogP contribution in [0.5, 0.6) is 5.75 Å². The molecule has 4 nitrogen and oxygen atoms in total. The Labute approximate surface area is 362 Å². The lowest BCUT2D eigenvalue weighted by atomic mass is 9.83. The molecule has 296 valence electrons. The molecular formula is C55H55N3O. The highest BCUT2D eigenvalue weighted by Gasteiger charge is 2.25. The van der Waals surface area contributed by atoms with Gasteiger partial charge >= 0.3 is 0 Å². The molecule has 1 N–H and O–H groups in total. The van der Waals surface area contributed by atoms with Crippen LogP contribution in [0.4, 0.5) is 0 Å². The van der Waals surface area contributed by atoms with Gasteiger partial charge in [-0.05, 0) is 142 Å². The molecule has 0 unspecified atom stereocenters. The highest BCUT2D eigenvalue weighted by Crippen LogP contribution is 2.44. The molecule has 6 aromatic carbocycles. The normalized spacial score (nSPS) is 14.8. The van der Waals surface area contributed by atoms with Crippen molar-refractivity contribution in [3.63, 3.8) is 0 Å². The second kappa shape index (κ2) is 15.5. The molecule has 2 aromatic heterocycles. The Morgan fingerprint density at radius 2 is 1.41 bits per heavy atom. The van der Waals surface area contributed by atoms with Crippen LogP contribution in [-0.2, 0) is 5.41 Å². The predicted octanol–water partition coefficient (Wildman–Crippen LogP) is 14.9. The number of aryl methyl sites for hydroxylation is 2. The van der Waals surface area contributed by atoms with Gasteiger partial charge in [0.15, 0.2) is 0 Å². The fraction of sp³-hybridized carbons (Fsp3) is 0.236. The zero-order chi connectivity index (χ0) is 49.2. The maximum atomic E-state index is 12.3. The first-order valence-corrected chi connectivity index (χ1v) is 20.2. The van der Waals surface area contributed by atoms with Gasteiger partial charge in [-0.1, -0.05) is 133 Å². The lowest BCUT2D eigenvalue weighted by Gasteiger charge is -2.22. The van der Waals surface area contributed by atoms with Gasteiger partial charge in [0, 0.05) is 35.3 Å². The first-order valence-electron chi connectivity index (χ1n) is 24.7. The van der Waals surface area contributed by atoms with Gasteiger partial charge < -0.3 is 5.11 Å². The fourth-order valence-corrected chi connectivity index (χ4v) is 7.79. The molecule has 2 heterocycles. The molecule has 4 heteroatoms. The van der Waals surface area contributed by atoms with Crippen molar-refractivity contribution in [3.8, 4) is 67.5 Å². The molecule has 0 aliphatic rings. The van der Waals surface area contributed by atoms with Crippen molar-refractivity contribution >= 4 is 11.0 Å². The first kappa shape index (κ1) is 29.9. The van der Waals surface area contributed by atoms with Crippen molar-refractivity contribution in [2.45, 2.75) is 86.3 Å². The molecule has 8 rings (SSSR count). The Kier molecular flexibility index (Phi) is 7.84. The predicted molar refractivity (Wildman–Crippen MR) is 249 cm³/mol. The fourth-order valence-electron chi connectivity index (χ4n) is 7.79. The molecule has 0 amide bonds. The molecular weight excluding hydrogens is 719 g/mol. The third kappa shape index (κ3) is 7.60. The van der Waals surface area contributed by atoms with E-state index in [0.29, 0.717) is 39.4 Å². The first-order chi connectivity index (χ1) is 31.8. The summed E-state index contributed by atoms with van der Waals surface area (Å²) in [4.78, 5) is 10.3. The van der Waals surface area contributed by atoms with Gasteiger partial charge in [0.1, 0.15) is 11.6 Å². The Bertz CT molecular complexity index is 3170. The summed E-state index contributed by atoms with van der Waals surface area (Å²) in [5, 5.41) is 12.3. The van der Waals surface area contributed by atoms with Crippen molar-refractivity contribution in [3.05, 3.63) is 167 Å². The lowest BCUT2D eigenvalue weighted by molar-refractivity contribution is 0.466. The van der Waals surface area contributed by atoms with Gasteiger partial charge in [-0.2, -0.15) is 0 Å². The summed E-state index contributed by atoms with van der Waals surface area (Å²) >= 11 is 0. The summed E-state index contributed by atoms with van der Waals surface area (Å²) in [6.45, 7) is 6.85. The minimum absolute atomic E-state index is 0.0505. The van der Waals surface area contributed by atoms with Crippen molar-refractivity contribution < 1.29 is 17.4 Å². The van der Waals surface area contributed by atoms with E-state index in [9.17, 15) is 5.11 Å². The van der Waals surface area contributed by atoms with Gasteiger partial charge in [-0.3, -0.25) is 9.55 Å². The number of phenols is 1. The molecule has 0 saturated heterocycles. The quantitative estimate of drug-likeness (QED) is 0.167. The number of aromatic nitrogens is 3. The van der Waals surface area contributed by atoms with E-state index in [1.807, 2.05) is 79.1 Å². The van der Waals surface area contributed by atoms with E-state index in [2.05, 4.69) is 52.8 Å². The summed E-state index contributed by atoms with van der Waals surface area (Å²) in [6, 6.07) is 39.0. The Balaban J connectivity index is 1.44. The van der Waals surface area contributed by atoms with Crippen LogP contribution in [0.25, 0.3) is 72.7 Å². The summed E-state index contributed by atoms with van der Waals surface area (Å²) in [6.07, 6.45) is 1.75. The van der Waals surface area contributed by atoms with Gasteiger partial charge in [0.2, 0.25) is 0 Å². The lowest BCUT2D eigenvalue weighted by Crippen LogP contribution is -2.11. The van der Waals surface area contributed by atoms with Crippen molar-refractivity contribution in [2.75, 3.05) is 0 Å². The Morgan fingerprint density at radius 3 is 2.10 bits per heavy atom.